The molecule has 0 saturated heterocycles. The van der Waals surface area contributed by atoms with Crippen LogP contribution in [-0.4, -0.2) is 12.6 Å². The third kappa shape index (κ3) is 1.45. The Hall–Kier alpha value is -0.500. The van der Waals surface area contributed by atoms with Crippen LogP contribution in [-0.2, 0) is 0 Å². The second-order valence-electron chi connectivity index (χ2n) is 2.64. The largest absolute Gasteiger partial charge is 0.389 e. The van der Waals surface area contributed by atoms with Crippen molar-refractivity contribution >= 4 is 0 Å². The Morgan fingerprint density at radius 2 is 2.33 bits per heavy atom. The Kier molecular flexibility index (Phi) is 2.11. The van der Waals surface area contributed by atoms with Gasteiger partial charge in [0.15, 0.2) is 0 Å². The van der Waals surface area contributed by atoms with Crippen molar-refractivity contribution in [1.29, 1.82) is 0 Å². The fraction of sp³-hybridized carbons (Fsp3) is 0.714. The van der Waals surface area contributed by atoms with Gasteiger partial charge in [0.05, 0.1) is 0 Å². The maximum Gasteiger partial charge on any atom is 0.0261 e. The van der Waals surface area contributed by atoms with E-state index in [2.05, 4.69) is 11.9 Å². The summed E-state index contributed by atoms with van der Waals surface area (Å²) in [6.45, 7) is 4.43. The summed E-state index contributed by atoms with van der Waals surface area (Å²) >= 11 is 0. The number of hydrogen-bond acceptors (Lipinski definition) is 2. The van der Waals surface area contributed by atoms with Gasteiger partial charge in [-0.25, -0.2) is 0 Å². The maximum absolute atomic E-state index is 5.44. The van der Waals surface area contributed by atoms with Crippen LogP contribution < -0.4 is 11.1 Å². The van der Waals surface area contributed by atoms with E-state index in [4.69, 9.17) is 5.73 Å². The molecule has 3 N–H and O–H groups in total. The second kappa shape index (κ2) is 2.87. The number of hydrogen-bond donors (Lipinski definition) is 2. The standard InChI is InChI=1S/C7H14N2/c1-2-9-7-3-6(4-7)5-8/h2,6-7,9H,1,3-5,8H2. The van der Waals surface area contributed by atoms with E-state index >= 15 is 0 Å². The summed E-state index contributed by atoms with van der Waals surface area (Å²) in [6.07, 6.45) is 4.21. The van der Waals surface area contributed by atoms with Crippen LogP contribution in [0, 0.1) is 5.92 Å². The SMILES string of the molecule is C=CNC1CC(CN)C1. The van der Waals surface area contributed by atoms with Gasteiger partial charge >= 0.3 is 0 Å². The normalized spacial score (nSPS) is 33.0. The molecule has 0 spiro atoms. The molecule has 52 valence electrons. The molecule has 1 aliphatic carbocycles. The van der Waals surface area contributed by atoms with Crippen LogP contribution in [0.5, 0.6) is 0 Å². The molecule has 0 heterocycles. The summed E-state index contributed by atoms with van der Waals surface area (Å²) in [5, 5.41) is 3.15. The summed E-state index contributed by atoms with van der Waals surface area (Å²) in [5.41, 5.74) is 5.44. The lowest BCUT2D eigenvalue weighted by molar-refractivity contribution is 0.247. The first-order valence-electron chi connectivity index (χ1n) is 3.44. The van der Waals surface area contributed by atoms with Gasteiger partial charge in [-0.15, -0.1) is 0 Å². The highest BCUT2D eigenvalue weighted by Crippen LogP contribution is 2.25. The molecule has 9 heavy (non-hydrogen) atoms. The summed E-state index contributed by atoms with van der Waals surface area (Å²) in [4.78, 5) is 0. The average Bonchev–Trinajstić information content (AvgIpc) is 1.77. The second-order valence-corrected chi connectivity index (χ2v) is 2.64. The van der Waals surface area contributed by atoms with Gasteiger partial charge in [-0.2, -0.15) is 0 Å². The van der Waals surface area contributed by atoms with E-state index in [0.717, 1.165) is 12.5 Å². The number of nitrogens with two attached hydrogens (primary N) is 1. The topological polar surface area (TPSA) is 38.0 Å². The fourth-order valence-corrected chi connectivity index (χ4v) is 1.23. The molecule has 2 heteroatoms. The zero-order valence-corrected chi connectivity index (χ0v) is 5.64. The predicted molar refractivity (Wildman–Crippen MR) is 38.9 cm³/mol. The third-order valence-corrected chi connectivity index (χ3v) is 1.92. The Morgan fingerprint density at radius 1 is 1.67 bits per heavy atom. The number of nitrogens with one attached hydrogen (secondary N) is 1. The molecule has 0 aliphatic heterocycles. The van der Waals surface area contributed by atoms with Gasteiger partial charge < -0.3 is 11.1 Å². The maximum atomic E-state index is 5.44. The highest BCUT2D eigenvalue weighted by molar-refractivity contribution is 4.88. The molecule has 0 aromatic heterocycles. The van der Waals surface area contributed by atoms with Gasteiger partial charge in [-0.3, -0.25) is 0 Å². The minimum absolute atomic E-state index is 0.663. The molecule has 0 amide bonds. The highest BCUT2D eigenvalue weighted by Gasteiger charge is 2.26. The van der Waals surface area contributed by atoms with Crippen molar-refractivity contribution in [3.05, 3.63) is 12.8 Å². The van der Waals surface area contributed by atoms with Gasteiger partial charge in [-0.05, 0) is 31.5 Å². The Bertz CT molecular complexity index is 95.1. The van der Waals surface area contributed by atoms with E-state index < -0.39 is 0 Å². The van der Waals surface area contributed by atoms with E-state index in [0.29, 0.717) is 6.04 Å². The Labute approximate surface area is 56.1 Å². The minimum atomic E-state index is 0.663. The molecule has 1 fully saturated rings. The first-order valence-corrected chi connectivity index (χ1v) is 3.44. The summed E-state index contributed by atoms with van der Waals surface area (Å²) < 4.78 is 0. The molecule has 2 nitrogen and oxygen atoms in total. The fourth-order valence-electron chi connectivity index (χ4n) is 1.23. The molecular weight excluding hydrogens is 112 g/mol. The highest BCUT2D eigenvalue weighted by atomic mass is 14.9. The van der Waals surface area contributed by atoms with Crippen molar-refractivity contribution in [1.82, 2.24) is 5.32 Å². The van der Waals surface area contributed by atoms with Gasteiger partial charge in [0.25, 0.3) is 0 Å². The van der Waals surface area contributed by atoms with E-state index in [-0.39, 0.29) is 0 Å². The molecule has 0 radical (unpaired) electrons. The van der Waals surface area contributed by atoms with Crippen molar-refractivity contribution < 1.29 is 0 Å². The van der Waals surface area contributed by atoms with Crippen LogP contribution in [0.3, 0.4) is 0 Å². The minimum Gasteiger partial charge on any atom is -0.389 e. The van der Waals surface area contributed by atoms with Crippen molar-refractivity contribution in [3.8, 4) is 0 Å². The first-order chi connectivity index (χ1) is 4.36. The van der Waals surface area contributed by atoms with E-state index in [9.17, 15) is 0 Å². The van der Waals surface area contributed by atoms with Crippen LogP contribution in [0.2, 0.25) is 0 Å². The van der Waals surface area contributed by atoms with Gasteiger partial charge in [0, 0.05) is 6.04 Å². The summed E-state index contributed by atoms with van der Waals surface area (Å²) in [5.74, 6) is 0.766. The molecule has 0 aromatic rings. The third-order valence-electron chi connectivity index (χ3n) is 1.92. The average molecular weight is 126 g/mol. The van der Waals surface area contributed by atoms with Gasteiger partial charge in [-0.1, -0.05) is 6.58 Å². The lowest BCUT2D eigenvalue weighted by atomic mass is 9.80. The quantitative estimate of drug-likeness (QED) is 0.576. The smallest absolute Gasteiger partial charge is 0.0261 e. The molecule has 0 atom stereocenters. The lowest BCUT2D eigenvalue weighted by Crippen LogP contribution is -2.41. The van der Waals surface area contributed by atoms with E-state index in [1.165, 1.54) is 12.8 Å². The van der Waals surface area contributed by atoms with Crippen LogP contribution in [0.15, 0.2) is 12.8 Å². The van der Waals surface area contributed by atoms with Crippen LogP contribution in [0.1, 0.15) is 12.8 Å². The summed E-state index contributed by atoms with van der Waals surface area (Å²) in [7, 11) is 0. The van der Waals surface area contributed by atoms with E-state index in [1.54, 1.807) is 6.20 Å². The Morgan fingerprint density at radius 3 is 2.78 bits per heavy atom. The van der Waals surface area contributed by atoms with Crippen LogP contribution in [0.25, 0.3) is 0 Å². The molecule has 0 bridgehead atoms. The molecule has 0 unspecified atom stereocenters. The van der Waals surface area contributed by atoms with Crippen molar-refractivity contribution in [2.75, 3.05) is 6.54 Å². The molecule has 1 saturated carbocycles. The first kappa shape index (κ1) is 6.62. The zero-order chi connectivity index (χ0) is 6.69. The summed E-state index contributed by atoms with van der Waals surface area (Å²) in [6, 6.07) is 0.663. The molecule has 0 aromatic carbocycles. The lowest BCUT2D eigenvalue weighted by Gasteiger charge is -2.34. The van der Waals surface area contributed by atoms with E-state index in [1.807, 2.05) is 0 Å². The van der Waals surface area contributed by atoms with Crippen molar-refractivity contribution in [2.24, 2.45) is 11.7 Å². The van der Waals surface area contributed by atoms with Crippen molar-refractivity contribution in [3.63, 3.8) is 0 Å². The molecular formula is C7H14N2. The van der Waals surface area contributed by atoms with Crippen LogP contribution >= 0.6 is 0 Å². The number of rotatable bonds is 3. The monoisotopic (exact) mass is 126 g/mol. The van der Waals surface area contributed by atoms with Crippen molar-refractivity contribution in [2.45, 2.75) is 18.9 Å². The van der Waals surface area contributed by atoms with Crippen LogP contribution in [0.4, 0.5) is 0 Å². The Balaban J connectivity index is 2.04. The zero-order valence-electron chi connectivity index (χ0n) is 5.64. The predicted octanol–water partition coefficient (Wildman–Crippen LogP) is 0.457. The van der Waals surface area contributed by atoms with Gasteiger partial charge in [0.2, 0.25) is 0 Å². The molecule has 1 aliphatic rings. The van der Waals surface area contributed by atoms with Gasteiger partial charge in [0.1, 0.15) is 0 Å². The molecule has 1 rings (SSSR count).